The number of fused-ring (bicyclic) bond motifs is 5. The van der Waals surface area contributed by atoms with Crippen molar-refractivity contribution >= 4 is 29.6 Å². The quantitative estimate of drug-likeness (QED) is 0.120. The Morgan fingerprint density at radius 3 is 2.00 bits per heavy atom. The van der Waals surface area contributed by atoms with Crippen LogP contribution < -0.4 is 5.32 Å². The number of aliphatic hydroxyl groups excluding tert-OH is 3. The van der Waals surface area contributed by atoms with E-state index in [1.165, 1.54) is 26.0 Å². The lowest BCUT2D eigenvalue weighted by atomic mass is 9.44. The molecule has 5 N–H and O–H groups in total. The zero-order chi connectivity index (χ0) is 42.7. The van der Waals surface area contributed by atoms with Gasteiger partial charge in [-0.05, 0) is 54.8 Å². The number of carbonyl (C=O) groups excluding carboxylic acids is 5. The predicted octanol–water partition coefficient (Wildman–Crippen LogP) is 3.16. The minimum absolute atomic E-state index is 0.0540. The van der Waals surface area contributed by atoms with Gasteiger partial charge in [-0.1, -0.05) is 80.6 Å². The zero-order valence-electron chi connectivity index (χ0n) is 33.4. The smallest absolute Gasteiger partial charge is 0.338 e. The summed E-state index contributed by atoms with van der Waals surface area (Å²) in [5.41, 5.74) is -6.86. The summed E-state index contributed by atoms with van der Waals surface area (Å²) in [5, 5.41) is 51.9. The third kappa shape index (κ3) is 6.76. The van der Waals surface area contributed by atoms with Gasteiger partial charge < -0.3 is 44.7 Å². The summed E-state index contributed by atoms with van der Waals surface area (Å²) in [5.74, 6) is -5.89. The van der Waals surface area contributed by atoms with Crippen LogP contribution in [0.2, 0.25) is 0 Å². The first-order chi connectivity index (χ1) is 27.9. The molecule has 3 aromatic rings. The highest BCUT2D eigenvalue weighted by atomic mass is 16.6. The van der Waals surface area contributed by atoms with Crippen molar-refractivity contribution in [2.75, 3.05) is 6.61 Å². The summed E-state index contributed by atoms with van der Waals surface area (Å²) < 4.78 is 24.2. The number of hydrogen-bond acceptors (Lipinski definition) is 13. The first kappa shape index (κ1) is 41.9. The topological polar surface area (TPSA) is 215 Å². The number of Topliss-reactive ketones (excluding diaryl/α,β-unsaturated/α-hetero) is 1. The first-order valence-electron chi connectivity index (χ1n) is 19.6. The lowest BCUT2D eigenvalue weighted by molar-refractivity contribution is -0.346. The molecule has 2 saturated carbocycles. The van der Waals surface area contributed by atoms with E-state index >= 15 is 0 Å². The van der Waals surface area contributed by atoms with Crippen molar-refractivity contribution in [3.05, 3.63) is 119 Å². The van der Waals surface area contributed by atoms with Crippen molar-refractivity contribution in [2.45, 2.75) is 101 Å². The molecule has 0 radical (unpaired) electrons. The Morgan fingerprint density at radius 1 is 0.864 bits per heavy atom. The SMILES string of the molecule is CC(=O)O[C@@]12CO[C@@H]1CC(O)[C@@]1(C)C(=O)C(O)C3=C(C)C(OC(=O)C(O)C(NC(=O)c4ccccc4)c4ccccc4)C[C@@](O)(C(OC(=O)c4ccccc4)[C@H]21)C3(C)C. The summed E-state index contributed by atoms with van der Waals surface area (Å²) in [6.07, 6.45) is -10.5. The number of carbonyl (C=O) groups is 5. The standard InChI is InChI=1S/C45H49NO13/c1-24-29(57-41(54)35(50)33(26-15-9-6-10-16-26)46-39(52)27-17-11-7-12-18-27)22-45(55)38(58-40(53)28-19-13-8-14-20-28)36-43(5,37(51)34(49)32(24)42(45,3)4)30(48)21-31-44(36,23-56-31)59-25(2)47/h6-20,29-31,33-36,38,48-50,55H,21-23H2,1-5H3,(H,46,52)/t29?,30?,31-,33?,34?,35?,36+,38?,43-,44+,45-/m1/s1. The molecule has 3 fully saturated rings. The van der Waals surface area contributed by atoms with E-state index in [2.05, 4.69) is 5.32 Å². The molecule has 1 aliphatic heterocycles. The largest absolute Gasteiger partial charge is 0.456 e. The van der Waals surface area contributed by atoms with Crippen molar-refractivity contribution in [2.24, 2.45) is 16.7 Å². The van der Waals surface area contributed by atoms with E-state index < -0.39 is 107 Å². The van der Waals surface area contributed by atoms with E-state index in [4.69, 9.17) is 18.9 Å². The number of rotatable bonds is 9. The van der Waals surface area contributed by atoms with Crippen molar-refractivity contribution < 1.29 is 63.3 Å². The van der Waals surface area contributed by atoms with Gasteiger partial charge in [0, 0.05) is 30.7 Å². The van der Waals surface area contributed by atoms with Crippen LogP contribution in [0.25, 0.3) is 0 Å². The van der Waals surface area contributed by atoms with Gasteiger partial charge in [0.15, 0.2) is 17.5 Å². The van der Waals surface area contributed by atoms with E-state index in [1.807, 2.05) is 0 Å². The van der Waals surface area contributed by atoms with Crippen LogP contribution >= 0.6 is 0 Å². The zero-order valence-corrected chi connectivity index (χ0v) is 33.4. The van der Waals surface area contributed by atoms with E-state index in [1.54, 1.807) is 92.7 Å². The highest BCUT2D eigenvalue weighted by Crippen LogP contribution is 2.64. The van der Waals surface area contributed by atoms with Gasteiger partial charge in [-0.3, -0.25) is 14.4 Å². The number of benzene rings is 3. The van der Waals surface area contributed by atoms with Gasteiger partial charge in [0.1, 0.15) is 30.0 Å². The van der Waals surface area contributed by atoms with Gasteiger partial charge in [0.05, 0.1) is 35.6 Å². The Bertz CT molecular complexity index is 2160. The third-order valence-electron chi connectivity index (χ3n) is 13.2. The molecule has 14 heteroatoms. The van der Waals surface area contributed by atoms with Crippen LogP contribution in [-0.2, 0) is 33.3 Å². The maximum Gasteiger partial charge on any atom is 0.338 e. The molecule has 3 aromatic carbocycles. The van der Waals surface area contributed by atoms with Gasteiger partial charge in [-0.25, -0.2) is 9.59 Å². The fourth-order valence-corrected chi connectivity index (χ4v) is 9.94. The molecule has 312 valence electrons. The second-order valence-corrected chi connectivity index (χ2v) is 16.8. The highest BCUT2D eigenvalue weighted by molar-refractivity contribution is 5.95. The Kier molecular flexibility index (Phi) is 10.9. The van der Waals surface area contributed by atoms with E-state index in [-0.39, 0.29) is 35.3 Å². The van der Waals surface area contributed by atoms with Crippen LogP contribution in [0.4, 0.5) is 0 Å². The molecule has 14 nitrogen and oxygen atoms in total. The molecule has 1 amide bonds. The Balaban J connectivity index is 1.34. The molecule has 4 aliphatic rings. The van der Waals surface area contributed by atoms with Crippen LogP contribution in [0, 0.1) is 16.7 Å². The highest BCUT2D eigenvalue weighted by Gasteiger charge is 2.78. The average molecular weight is 812 g/mol. The summed E-state index contributed by atoms with van der Waals surface area (Å²) in [6, 6.07) is 23.1. The number of hydrogen-bond donors (Lipinski definition) is 5. The van der Waals surface area contributed by atoms with Crippen LogP contribution in [0.3, 0.4) is 0 Å². The van der Waals surface area contributed by atoms with E-state index in [9.17, 15) is 44.4 Å². The molecule has 1 heterocycles. The summed E-state index contributed by atoms with van der Waals surface area (Å²) in [6.45, 7) is 6.89. The van der Waals surface area contributed by atoms with E-state index in [0.717, 1.165) is 6.92 Å². The van der Waals surface area contributed by atoms with Crippen molar-refractivity contribution in [1.29, 1.82) is 0 Å². The Labute approximate surface area is 341 Å². The Morgan fingerprint density at radius 2 is 1.44 bits per heavy atom. The fourth-order valence-electron chi connectivity index (χ4n) is 9.94. The average Bonchev–Trinajstić information content (AvgIpc) is 3.21. The molecule has 0 aromatic heterocycles. The summed E-state index contributed by atoms with van der Waals surface area (Å²) >= 11 is 0. The lowest BCUT2D eigenvalue weighted by Gasteiger charge is -2.67. The number of aliphatic hydroxyl groups is 4. The minimum atomic E-state index is -2.35. The fraction of sp³-hybridized carbons (Fsp3) is 0.444. The number of ketones is 1. The van der Waals surface area contributed by atoms with Crippen LogP contribution in [-0.4, -0.2) is 104 Å². The summed E-state index contributed by atoms with van der Waals surface area (Å²) in [7, 11) is 0. The van der Waals surface area contributed by atoms with Crippen molar-refractivity contribution in [1.82, 2.24) is 5.32 Å². The van der Waals surface area contributed by atoms with Gasteiger partial charge in [0.25, 0.3) is 5.91 Å². The predicted molar refractivity (Wildman–Crippen MR) is 208 cm³/mol. The van der Waals surface area contributed by atoms with E-state index in [0.29, 0.717) is 5.56 Å². The minimum Gasteiger partial charge on any atom is -0.456 e. The second-order valence-electron chi connectivity index (χ2n) is 16.8. The Hall–Kier alpha value is -5.25. The molecule has 0 spiro atoms. The van der Waals surface area contributed by atoms with Crippen LogP contribution in [0.15, 0.2) is 102 Å². The molecule has 3 aliphatic carbocycles. The van der Waals surface area contributed by atoms with Gasteiger partial charge in [0.2, 0.25) is 0 Å². The monoisotopic (exact) mass is 811 g/mol. The molecule has 11 atom stereocenters. The number of esters is 3. The third-order valence-corrected chi connectivity index (χ3v) is 13.2. The van der Waals surface area contributed by atoms with Crippen molar-refractivity contribution in [3.63, 3.8) is 0 Å². The molecular weight excluding hydrogens is 762 g/mol. The van der Waals surface area contributed by atoms with Gasteiger partial charge in [-0.2, -0.15) is 0 Å². The molecule has 1 saturated heterocycles. The first-order valence-corrected chi connectivity index (χ1v) is 19.6. The van der Waals surface area contributed by atoms with Crippen LogP contribution in [0.1, 0.15) is 79.8 Å². The van der Waals surface area contributed by atoms with Crippen LogP contribution in [0.5, 0.6) is 0 Å². The second kappa shape index (κ2) is 15.4. The van der Waals surface area contributed by atoms with Crippen molar-refractivity contribution in [3.8, 4) is 0 Å². The maximum absolute atomic E-state index is 15.0. The molecule has 7 rings (SSSR count). The number of ether oxygens (including phenoxy) is 4. The maximum atomic E-state index is 15.0. The molecule has 6 unspecified atom stereocenters. The van der Waals surface area contributed by atoms with Gasteiger partial charge >= 0.3 is 17.9 Å². The molecule has 2 bridgehead atoms. The summed E-state index contributed by atoms with van der Waals surface area (Å²) in [4.78, 5) is 69.5. The molecule has 59 heavy (non-hydrogen) atoms. The normalized spacial score (nSPS) is 33.0. The number of nitrogens with one attached hydrogen (secondary N) is 1. The molecular formula is C45H49NO13. The number of amides is 1. The van der Waals surface area contributed by atoms with Gasteiger partial charge in [-0.15, -0.1) is 0 Å². The lowest BCUT2D eigenvalue weighted by Crippen LogP contribution is -2.81.